The van der Waals surface area contributed by atoms with Crippen molar-refractivity contribution >= 4 is 21.1 Å². The Morgan fingerprint density at radius 2 is 1.97 bits per heavy atom. The van der Waals surface area contributed by atoms with Gasteiger partial charge in [0, 0.05) is 37.1 Å². The minimum absolute atomic E-state index is 0.0217. The summed E-state index contributed by atoms with van der Waals surface area (Å²) in [5.74, 6) is 0.432. The molecule has 2 atom stereocenters. The molecule has 1 aliphatic rings. The number of hydrogen-bond acceptors (Lipinski definition) is 4. The number of hydrogen-bond donors (Lipinski definition) is 1. The van der Waals surface area contributed by atoms with Gasteiger partial charge in [0.25, 0.3) is 0 Å². The van der Waals surface area contributed by atoms with Crippen molar-refractivity contribution in [2.75, 3.05) is 12.3 Å². The van der Waals surface area contributed by atoms with Gasteiger partial charge in [0.1, 0.15) is 0 Å². The Morgan fingerprint density at radius 1 is 1.12 bits per heavy atom. The first-order chi connectivity index (χ1) is 15.5. The average Bonchev–Trinajstić information content (AvgIpc) is 3.54. The maximum absolute atomic E-state index is 13.0. The van der Waals surface area contributed by atoms with Crippen molar-refractivity contribution < 1.29 is 8.42 Å². The lowest BCUT2D eigenvalue weighted by Crippen LogP contribution is -2.36. The van der Waals surface area contributed by atoms with Gasteiger partial charge in [-0.2, -0.15) is 9.40 Å². The molecule has 1 aliphatic heterocycles. The van der Waals surface area contributed by atoms with E-state index in [2.05, 4.69) is 20.8 Å². The summed E-state index contributed by atoms with van der Waals surface area (Å²) in [5, 5.41) is 6.81. The molecule has 4 heterocycles. The molecule has 7 nitrogen and oxygen atoms in total. The Balaban J connectivity index is 1.27. The van der Waals surface area contributed by atoms with Crippen molar-refractivity contribution in [1.29, 1.82) is 0 Å². The molecular formula is C24H27N5O2S. The zero-order valence-electron chi connectivity index (χ0n) is 18.1. The molecule has 1 fully saturated rings. The first-order valence-corrected chi connectivity index (χ1v) is 12.6. The molecule has 0 saturated carbocycles. The Hall–Kier alpha value is -2.97. The fraction of sp³-hybridized carbons (Fsp3) is 0.333. The summed E-state index contributed by atoms with van der Waals surface area (Å²) in [6.45, 7) is 3.37. The van der Waals surface area contributed by atoms with Crippen molar-refractivity contribution in [3.8, 4) is 11.3 Å². The normalized spacial score (nSPS) is 19.7. The monoisotopic (exact) mass is 449 g/mol. The molecule has 1 unspecified atom stereocenters. The number of rotatable bonds is 7. The lowest BCUT2D eigenvalue weighted by molar-refractivity contribution is 0.399. The van der Waals surface area contributed by atoms with Gasteiger partial charge in [0.15, 0.2) is 0 Å². The number of pyridine rings is 1. The van der Waals surface area contributed by atoms with Crippen LogP contribution in [-0.2, 0) is 23.0 Å². The highest BCUT2D eigenvalue weighted by Gasteiger charge is 2.36. The number of nitrogens with one attached hydrogen (secondary N) is 1. The van der Waals surface area contributed by atoms with Gasteiger partial charge in [-0.1, -0.05) is 30.3 Å². The van der Waals surface area contributed by atoms with Crippen LogP contribution in [-0.4, -0.2) is 50.8 Å². The van der Waals surface area contributed by atoms with Gasteiger partial charge in [-0.25, -0.2) is 13.4 Å². The van der Waals surface area contributed by atoms with E-state index in [0.717, 1.165) is 40.8 Å². The highest BCUT2D eigenvalue weighted by atomic mass is 32.2. The van der Waals surface area contributed by atoms with Gasteiger partial charge in [0.2, 0.25) is 10.0 Å². The molecule has 0 bridgehead atoms. The van der Waals surface area contributed by atoms with Crippen LogP contribution in [0.25, 0.3) is 22.3 Å². The Kier molecular flexibility index (Phi) is 5.57. The van der Waals surface area contributed by atoms with E-state index in [4.69, 9.17) is 4.98 Å². The fourth-order valence-corrected chi connectivity index (χ4v) is 6.50. The van der Waals surface area contributed by atoms with E-state index in [-0.39, 0.29) is 17.7 Å². The van der Waals surface area contributed by atoms with Crippen molar-refractivity contribution in [3.63, 3.8) is 0 Å². The number of sulfonamides is 1. The molecule has 3 aromatic heterocycles. The molecular weight excluding hydrogens is 422 g/mol. The van der Waals surface area contributed by atoms with E-state index in [1.807, 2.05) is 61.8 Å². The van der Waals surface area contributed by atoms with E-state index < -0.39 is 10.0 Å². The van der Waals surface area contributed by atoms with Crippen LogP contribution < -0.4 is 0 Å². The Morgan fingerprint density at radius 3 is 2.75 bits per heavy atom. The number of benzene rings is 1. The summed E-state index contributed by atoms with van der Waals surface area (Å²) in [5.41, 5.74) is 4.90. The van der Waals surface area contributed by atoms with Gasteiger partial charge in [-0.3, -0.25) is 5.10 Å². The third kappa shape index (κ3) is 4.20. The first kappa shape index (κ1) is 20.9. The first-order valence-electron chi connectivity index (χ1n) is 11.0. The molecule has 1 N–H and O–H groups in total. The standard InChI is InChI=1S/C24H27N5O2S/c1-18-13-20(17-29(18)32(30,31)12-10-19-5-3-2-4-6-19)16-28-11-9-23-24(28)8-7-22(27-23)21-14-25-26-15-21/h2-9,11,14-15,18,20H,10,12-13,16-17H2,1H3,(H,25,26)/t18-,20?/m1/s1. The number of H-pyrrole nitrogens is 1. The zero-order valence-corrected chi connectivity index (χ0v) is 18.9. The van der Waals surface area contributed by atoms with Crippen molar-refractivity contribution in [1.82, 2.24) is 24.1 Å². The third-order valence-corrected chi connectivity index (χ3v) is 8.27. The number of nitrogens with zero attached hydrogens (tertiary/aromatic N) is 4. The maximum Gasteiger partial charge on any atom is 0.214 e. The fourth-order valence-electron chi connectivity index (χ4n) is 4.70. The lowest BCUT2D eigenvalue weighted by atomic mass is 10.1. The molecule has 32 heavy (non-hydrogen) atoms. The minimum Gasteiger partial charge on any atom is -0.346 e. The van der Waals surface area contributed by atoms with Gasteiger partial charge in [-0.05, 0) is 49.4 Å². The van der Waals surface area contributed by atoms with Crippen LogP contribution >= 0.6 is 0 Å². The van der Waals surface area contributed by atoms with E-state index in [9.17, 15) is 8.42 Å². The van der Waals surface area contributed by atoms with Crippen LogP contribution in [0.5, 0.6) is 0 Å². The second-order valence-corrected chi connectivity index (χ2v) is 10.7. The van der Waals surface area contributed by atoms with Crippen molar-refractivity contribution in [3.05, 3.63) is 72.7 Å². The molecule has 4 aromatic rings. The molecule has 0 spiro atoms. The largest absolute Gasteiger partial charge is 0.346 e. The van der Waals surface area contributed by atoms with Gasteiger partial charge >= 0.3 is 0 Å². The number of aryl methyl sites for hydroxylation is 1. The molecule has 5 rings (SSSR count). The van der Waals surface area contributed by atoms with Crippen LogP contribution in [0.3, 0.4) is 0 Å². The zero-order chi connectivity index (χ0) is 22.1. The smallest absolute Gasteiger partial charge is 0.214 e. The van der Waals surface area contributed by atoms with Crippen LogP contribution in [0.15, 0.2) is 67.1 Å². The molecule has 166 valence electrons. The summed E-state index contributed by atoms with van der Waals surface area (Å²) in [7, 11) is -3.29. The quantitative estimate of drug-likeness (QED) is 0.466. The van der Waals surface area contributed by atoms with Crippen LogP contribution in [0.4, 0.5) is 0 Å². The van der Waals surface area contributed by atoms with Gasteiger partial charge in [0.05, 0.1) is 28.7 Å². The summed E-state index contributed by atoms with van der Waals surface area (Å²) >= 11 is 0. The highest BCUT2D eigenvalue weighted by Crippen LogP contribution is 2.29. The third-order valence-electron chi connectivity index (χ3n) is 6.33. The minimum atomic E-state index is -3.29. The summed E-state index contributed by atoms with van der Waals surface area (Å²) in [4.78, 5) is 4.75. The van der Waals surface area contributed by atoms with Crippen molar-refractivity contribution in [2.24, 2.45) is 5.92 Å². The molecule has 0 radical (unpaired) electrons. The molecule has 0 aliphatic carbocycles. The summed E-state index contributed by atoms with van der Waals surface area (Å²) in [6.07, 6.45) is 7.05. The second-order valence-electron chi connectivity index (χ2n) is 8.63. The van der Waals surface area contributed by atoms with E-state index in [0.29, 0.717) is 13.0 Å². The molecule has 8 heteroatoms. The van der Waals surface area contributed by atoms with Crippen molar-refractivity contribution in [2.45, 2.75) is 32.4 Å². The second kappa shape index (κ2) is 8.52. The topological polar surface area (TPSA) is 83.9 Å². The Bertz CT molecular complexity index is 1300. The maximum atomic E-state index is 13.0. The Labute approximate surface area is 188 Å². The predicted octanol–water partition coefficient (Wildman–Crippen LogP) is 3.71. The average molecular weight is 450 g/mol. The molecule has 0 amide bonds. The highest BCUT2D eigenvalue weighted by molar-refractivity contribution is 7.89. The molecule has 1 aromatic carbocycles. The van der Waals surface area contributed by atoms with Gasteiger partial charge < -0.3 is 4.57 Å². The van der Waals surface area contributed by atoms with E-state index in [1.54, 1.807) is 10.5 Å². The molecule has 1 saturated heterocycles. The van der Waals surface area contributed by atoms with Crippen LogP contribution in [0, 0.1) is 5.92 Å². The van der Waals surface area contributed by atoms with Gasteiger partial charge in [-0.15, -0.1) is 0 Å². The van der Waals surface area contributed by atoms with E-state index in [1.165, 1.54) is 0 Å². The van der Waals surface area contributed by atoms with Crippen LogP contribution in [0.1, 0.15) is 18.9 Å². The number of aromatic amines is 1. The number of fused-ring (bicyclic) bond motifs is 1. The van der Waals surface area contributed by atoms with Crippen LogP contribution in [0.2, 0.25) is 0 Å². The van der Waals surface area contributed by atoms with E-state index >= 15 is 0 Å². The lowest BCUT2D eigenvalue weighted by Gasteiger charge is -2.21. The predicted molar refractivity (Wildman–Crippen MR) is 126 cm³/mol. The SMILES string of the molecule is C[C@@H]1CC(Cn2ccc3nc(-c4cn[nH]c4)ccc32)CN1S(=O)(=O)CCc1ccccc1. The number of aromatic nitrogens is 4. The summed E-state index contributed by atoms with van der Waals surface area (Å²) < 4.78 is 30.0. The summed E-state index contributed by atoms with van der Waals surface area (Å²) in [6, 6.07) is 15.9.